The average molecular weight is 339 g/mol. The molecule has 0 unspecified atom stereocenters. The number of carbonyl (C=O) groups is 1. The van der Waals surface area contributed by atoms with Crippen LogP contribution in [-0.4, -0.2) is 34.1 Å². The minimum atomic E-state index is -0.656. The zero-order valence-electron chi connectivity index (χ0n) is 13.6. The molecule has 0 aliphatic carbocycles. The molecule has 0 saturated carbocycles. The molecule has 7 heteroatoms. The maximum Gasteiger partial charge on any atom is 0.274 e. The average Bonchev–Trinajstić information content (AvgIpc) is 2.62. The number of nitrogens with zero attached hydrogens (tertiary/aromatic N) is 2. The van der Waals surface area contributed by atoms with E-state index >= 15 is 0 Å². The molecule has 1 amide bonds. The van der Waals surface area contributed by atoms with E-state index in [1.54, 1.807) is 25.3 Å². The van der Waals surface area contributed by atoms with Gasteiger partial charge in [0.05, 0.1) is 7.11 Å². The van der Waals surface area contributed by atoms with Crippen molar-refractivity contribution in [3.05, 3.63) is 70.1 Å². The third-order valence-electron chi connectivity index (χ3n) is 3.78. The molecule has 0 aliphatic heterocycles. The van der Waals surface area contributed by atoms with Crippen molar-refractivity contribution in [1.29, 1.82) is 0 Å². The Balaban J connectivity index is 1.75. The molecule has 2 aromatic heterocycles. The molecule has 0 atom stereocenters. The Hall–Kier alpha value is -3.35. The lowest BCUT2D eigenvalue weighted by Gasteiger charge is -2.08. The van der Waals surface area contributed by atoms with E-state index in [9.17, 15) is 14.7 Å². The summed E-state index contributed by atoms with van der Waals surface area (Å²) in [4.78, 5) is 28.6. The number of fused-ring (bicyclic) bond motifs is 1. The van der Waals surface area contributed by atoms with Gasteiger partial charge < -0.3 is 15.2 Å². The number of ether oxygens (including phenoxy) is 1. The molecule has 2 N–H and O–H groups in total. The Kier molecular flexibility index (Phi) is 4.65. The van der Waals surface area contributed by atoms with Crippen LogP contribution < -0.4 is 15.6 Å². The van der Waals surface area contributed by atoms with Crippen LogP contribution in [0.25, 0.3) is 5.65 Å². The first kappa shape index (κ1) is 16.5. The Morgan fingerprint density at radius 2 is 2.12 bits per heavy atom. The van der Waals surface area contributed by atoms with Gasteiger partial charge in [0.25, 0.3) is 11.5 Å². The number of amides is 1. The molecular formula is C18H17N3O4. The van der Waals surface area contributed by atoms with Crippen molar-refractivity contribution in [2.75, 3.05) is 13.7 Å². The number of pyridine rings is 1. The normalized spacial score (nSPS) is 10.6. The van der Waals surface area contributed by atoms with Crippen LogP contribution in [0.5, 0.6) is 11.6 Å². The van der Waals surface area contributed by atoms with Gasteiger partial charge in [0.2, 0.25) is 5.88 Å². The first-order chi connectivity index (χ1) is 12.1. The quantitative estimate of drug-likeness (QED) is 0.733. The predicted octanol–water partition coefficient (Wildman–Crippen LogP) is 1.38. The van der Waals surface area contributed by atoms with E-state index in [1.807, 2.05) is 24.3 Å². The van der Waals surface area contributed by atoms with Crippen molar-refractivity contribution in [1.82, 2.24) is 14.7 Å². The number of aromatic hydroxyl groups is 1. The minimum absolute atomic E-state index is 0.276. The van der Waals surface area contributed by atoms with Crippen molar-refractivity contribution < 1.29 is 14.6 Å². The van der Waals surface area contributed by atoms with E-state index in [0.29, 0.717) is 13.0 Å². The Morgan fingerprint density at radius 1 is 1.28 bits per heavy atom. The van der Waals surface area contributed by atoms with Crippen LogP contribution in [0, 0.1) is 0 Å². The monoisotopic (exact) mass is 339 g/mol. The van der Waals surface area contributed by atoms with E-state index in [0.717, 1.165) is 11.3 Å². The highest BCUT2D eigenvalue weighted by atomic mass is 16.5. The maximum absolute atomic E-state index is 12.4. The standard InChI is InChI=1S/C18H17N3O4/c1-25-13-6-4-5-12(11-13)8-9-19-16(22)15-17(23)20-14-7-2-3-10-21(14)18(15)24/h2-7,10-11,23H,8-9H2,1H3,(H,19,22). The van der Waals surface area contributed by atoms with Crippen molar-refractivity contribution >= 4 is 11.6 Å². The summed E-state index contributed by atoms with van der Waals surface area (Å²) in [6.45, 7) is 0.308. The molecule has 25 heavy (non-hydrogen) atoms. The summed E-state index contributed by atoms with van der Waals surface area (Å²) in [5.74, 6) is -0.496. The third kappa shape index (κ3) is 3.45. The van der Waals surface area contributed by atoms with Gasteiger partial charge in [-0.25, -0.2) is 0 Å². The van der Waals surface area contributed by atoms with Crippen molar-refractivity contribution in [3.63, 3.8) is 0 Å². The summed E-state index contributed by atoms with van der Waals surface area (Å²) >= 11 is 0. The largest absolute Gasteiger partial charge is 0.497 e. The fourth-order valence-corrected chi connectivity index (χ4v) is 2.51. The lowest BCUT2D eigenvalue weighted by Crippen LogP contribution is -2.33. The molecule has 3 aromatic rings. The molecule has 3 rings (SSSR count). The number of benzene rings is 1. The summed E-state index contributed by atoms with van der Waals surface area (Å²) in [5, 5.41) is 12.6. The van der Waals surface area contributed by atoms with Crippen LogP contribution in [0.2, 0.25) is 0 Å². The minimum Gasteiger partial charge on any atom is -0.497 e. The SMILES string of the molecule is COc1cccc(CCNC(=O)c2c(O)nc3ccccn3c2=O)c1. The fraction of sp³-hybridized carbons (Fsp3) is 0.167. The number of nitrogens with one attached hydrogen (secondary N) is 1. The van der Waals surface area contributed by atoms with Crippen LogP contribution in [0.1, 0.15) is 15.9 Å². The number of carbonyl (C=O) groups excluding carboxylic acids is 1. The second-order valence-corrected chi connectivity index (χ2v) is 5.40. The van der Waals surface area contributed by atoms with Gasteiger partial charge in [0.15, 0.2) is 5.56 Å². The molecule has 0 bridgehead atoms. The van der Waals surface area contributed by atoms with Gasteiger partial charge in [0.1, 0.15) is 11.4 Å². The Labute approximate surface area is 143 Å². The van der Waals surface area contributed by atoms with Gasteiger partial charge in [-0.2, -0.15) is 4.98 Å². The van der Waals surface area contributed by atoms with Crippen LogP contribution >= 0.6 is 0 Å². The van der Waals surface area contributed by atoms with Crippen molar-refractivity contribution in [3.8, 4) is 11.6 Å². The summed E-state index contributed by atoms with van der Waals surface area (Å²) in [7, 11) is 1.59. The molecule has 0 fully saturated rings. The smallest absolute Gasteiger partial charge is 0.274 e. The Bertz CT molecular complexity index is 981. The maximum atomic E-state index is 12.4. The summed E-state index contributed by atoms with van der Waals surface area (Å²) in [6.07, 6.45) is 2.06. The van der Waals surface area contributed by atoms with Gasteiger partial charge in [-0.15, -0.1) is 0 Å². The predicted molar refractivity (Wildman–Crippen MR) is 92.2 cm³/mol. The number of hydrogen-bond acceptors (Lipinski definition) is 5. The van der Waals surface area contributed by atoms with E-state index < -0.39 is 17.3 Å². The zero-order chi connectivity index (χ0) is 17.8. The molecule has 0 spiro atoms. The number of hydrogen-bond donors (Lipinski definition) is 2. The second-order valence-electron chi connectivity index (χ2n) is 5.40. The molecule has 1 aromatic carbocycles. The lowest BCUT2D eigenvalue weighted by atomic mass is 10.1. The highest BCUT2D eigenvalue weighted by Gasteiger charge is 2.19. The molecule has 128 valence electrons. The van der Waals surface area contributed by atoms with Crippen LogP contribution in [0.3, 0.4) is 0 Å². The topological polar surface area (TPSA) is 92.9 Å². The molecule has 0 aliphatic rings. The first-order valence-corrected chi connectivity index (χ1v) is 7.71. The molecule has 0 saturated heterocycles. The molecule has 0 radical (unpaired) electrons. The molecule has 2 heterocycles. The highest BCUT2D eigenvalue weighted by molar-refractivity contribution is 5.96. The summed E-state index contributed by atoms with van der Waals surface area (Å²) in [6, 6.07) is 12.4. The molecular weight excluding hydrogens is 322 g/mol. The first-order valence-electron chi connectivity index (χ1n) is 7.71. The van der Waals surface area contributed by atoms with E-state index in [1.165, 1.54) is 10.6 Å². The van der Waals surface area contributed by atoms with Crippen molar-refractivity contribution in [2.45, 2.75) is 6.42 Å². The van der Waals surface area contributed by atoms with Crippen LogP contribution in [-0.2, 0) is 6.42 Å². The lowest BCUT2D eigenvalue weighted by molar-refractivity contribution is 0.0949. The van der Waals surface area contributed by atoms with Gasteiger partial charge in [-0.05, 0) is 36.2 Å². The summed E-state index contributed by atoms with van der Waals surface area (Å²) < 4.78 is 6.37. The van der Waals surface area contributed by atoms with E-state index in [4.69, 9.17) is 4.74 Å². The van der Waals surface area contributed by atoms with Crippen molar-refractivity contribution in [2.24, 2.45) is 0 Å². The van der Waals surface area contributed by atoms with E-state index in [-0.39, 0.29) is 11.2 Å². The van der Waals surface area contributed by atoms with Gasteiger partial charge in [-0.3, -0.25) is 14.0 Å². The fourth-order valence-electron chi connectivity index (χ4n) is 2.51. The second kappa shape index (κ2) is 7.04. The highest BCUT2D eigenvalue weighted by Crippen LogP contribution is 2.13. The zero-order valence-corrected chi connectivity index (χ0v) is 13.6. The van der Waals surface area contributed by atoms with Gasteiger partial charge >= 0.3 is 0 Å². The summed E-state index contributed by atoms with van der Waals surface area (Å²) in [5.41, 5.74) is 0.284. The number of rotatable bonds is 5. The van der Waals surface area contributed by atoms with Crippen LogP contribution in [0.4, 0.5) is 0 Å². The number of methoxy groups -OCH3 is 1. The van der Waals surface area contributed by atoms with Gasteiger partial charge in [-0.1, -0.05) is 18.2 Å². The molecule has 7 nitrogen and oxygen atoms in total. The number of aromatic nitrogens is 2. The van der Waals surface area contributed by atoms with Crippen LogP contribution in [0.15, 0.2) is 53.5 Å². The Morgan fingerprint density at radius 3 is 2.92 bits per heavy atom. The van der Waals surface area contributed by atoms with E-state index in [2.05, 4.69) is 10.3 Å². The van der Waals surface area contributed by atoms with Gasteiger partial charge in [0, 0.05) is 12.7 Å². The third-order valence-corrected chi connectivity index (χ3v) is 3.78.